The Morgan fingerprint density at radius 1 is 1.03 bits per heavy atom. The van der Waals surface area contributed by atoms with Crippen LogP contribution >= 0.6 is 11.3 Å². The molecule has 1 aliphatic rings. The molecule has 0 spiro atoms. The molecule has 38 heavy (non-hydrogen) atoms. The van der Waals surface area contributed by atoms with Crippen LogP contribution in [0.3, 0.4) is 0 Å². The van der Waals surface area contributed by atoms with Crippen molar-refractivity contribution < 1.29 is 0 Å². The van der Waals surface area contributed by atoms with Crippen molar-refractivity contribution in [1.29, 1.82) is 0 Å². The summed E-state index contributed by atoms with van der Waals surface area (Å²) in [5.41, 5.74) is 4.08. The van der Waals surface area contributed by atoms with Crippen molar-refractivity contribution >= 4 is 34.3 Å². The van der Waals surface area contributed by atoms with Crippen LogP contribution in [0, 0.1) is 0 Å². The minimum atomic E-state index is 0.349. The Labute approximate surface area is 230 Å². The molecule has 5 rings (SSSR count). The van der Waals surface area contributed by atoms with E-state index in [1.165, 1.54) is 5.56 Å². The Kier molecular flexibility index (Phi) is 8.56. The predicted molar refractivity (Wildman–Crippen MR) is 158 cm³/mol. The molecule has 0 amide bonds. The molecule has 8 nitrogen and oxygen atoms in total. The number of aromatic nitrogens is 4. The second-order valence-corrected chi connectivity index (χ2v) is 11.5. The third kappa shape index (κ3) is 6.34. The minimum Gasteiger partial charge on any atom is -0.367 e. The Hall–Kier alpha value is -3.01. The van der Waals surface area contributed by atoms with Gasteiger partial charge in [0.05, 0.1) is 5.69 Å². The van der Waals surface area contributed by atoms with Crippen LogP contribution in [-0.2, 0) is 6.54 Å². The van der Waals surface area contributed by atoms with Gasteiger partial charge in [0.15, 0.2) is 17.0 Å². The van der Waals surface area contributed by atoms with Crippen LogP contribution in [0.1, 0.15) is 46.1 Å². The zero-order chi connectivity index (χ0) is 26.5. The number of rotatable bonds is 11. The van der Waals surface area contributed by atoms with Crippen molar-refractivity contribution in [2.24, 2.45) is 0 Å². The standard InChI is InChI=1S/C29H40N8S/c1-21(2)36(22(3)4)16-13-30-27-26-28(37(20-31-26)25-12-17-38-19-25)34-29(33-27)32-24-10-14-35(15-11-24)18-23-8-6-5-7-9-23/h5-9,12,17,19-22,24H,10-11,13-16,18H2,1-4H3,(H2,30,32,33,34). The topological polar surface area (TPSA) is 74.1 Å². The van der Waals surface area contributed by atoms with Gasteiger partial charge in [-0.1, -0.05) is 30.3 Å². The first kappa shape index (κ1) is 26.6. The van der Waals surface area contributed by atoms with Crippen LogP contribution in [0.4, 0.5) is 11.8 Å². The van der Waals surface area contributed by atoms with Crippen LogP contribution in [-0.4, -0.2) is 73.6 Å². The summed E-state index contributed by atoms with van der Waals surface area (Å²) in [5, 5.41) is 11.4. The van der Waals surface area contributed by atoms with Crippen molar-refractivity contribution in [2.75, 3.05) is 36.8 Å². The van der Waals surface area contributed by atoms with Crippen LogP contribution in [0.15, 0.2) is 53.5 Å². The molecule has 3 aromatic heterocycles. The molecular weight excluding hydrogens is 492 g/mol. The van der Waals surface area contributed by atoms with Crippen molar-refractivity contribution in [2.45, 2.75) is 65.2 Å². The van der Waals surface area contributed by atoms with Crippen LogP contribution < -0.4 is 10.6 Å². The van der Waals surface area contributed by atoms with Gasteiger partial charge in [0.2, 0.25) is 5.95 Å². The first-order valence-electron chi connectivity index (χ1n) is 13.8. The fraction of sp³-hybridized carbons (Fsp3) is 0.483. The number of nitrogens with one attached hydrogen (secondary N) is 2. The first-order valence-corrected chi connectivity index (χ1v) is 14.7. The zero-order valence-corrected chi connectivity index (χ0v) is 23.8. The molecule has 2 N–H and O–H groups in total. The molecule has 202 valence electrons. The Bertz CT molecular complexity index is 1270. The highest BCUT2D eigenvalue weighted by Gasteiger charge is 2.22. The quantitative estimate of drug-likeness (QED) is 0.265. The van der Waals surface area contributed by atoms with Gasteiger partial charge in [0.25, 0.3) is 0 Å². The lowest BCUT2D eigenvalue weighted by Crippen LogP contribution is -2.40. The largest absolute Gasteiger partial charge is 0.367 e. The van der Waals surface area contributed by atoms with E-state index in [0.29, 0.717) is 24.1 Å². The van der Waals surface area contributed by atoms with E-state index in [2.05, 4.69) is 99.9 Å². The van der Waals surface area contributed by atoms with Crippen molar-refractivity contribution in [3.05, 3.63) is 59.0 Å². The molecular formula is C29H40N8S. The number of fused-ring (bicyclic) bond motifs is 1. The van der Waals surface area contributed by atoms with Crippen molar-refractivity contribution in [1.82, 2.24) is 29.3 Å². The minimum absolute atomic E-state index is 0.349. The number of anilines is 2. The summed E-state index contributed by atoms with van der Waals surface area (Å²) in [7, 11) is 0. The first-order chi connectivity index (χ1) is 18.5. The number of imidazole rings is 1. The highest BCUT2D eigenvalue weighted by atomic mass is 32.1. The lowest BCUT2D eigenvalue weighted by atomic mass is 10.0. The molecule has 9 heteroatoms. The molecule has 4 aromatic rings. The van der Waals surface area contributed by atoms with Gasteiger partial charge in [0.1, 0.15) is 6.33 Å². The van der Waals surface area contributed by atoms with E-state index >= 15 is 0 Å². The molecule has 1 fully saturated rings. The Morgan fingerprint density at radius 3 is 2.47 bits per heavy atom. The lowest BCUT2D eigenvalue weighted by Gasteiger charge is -2.32. The van der Waals surface area contributed by atoms with Gasteiger partial charge in [-0.3, -0.25) is 14.4 Å². The average molecular weight is 533 g/mol. The summed E-state index contributed by atoms with van der Waals surface area (Å²) < 4.78 is 2.06. The molecule has 1 aromatic carbocycles. The second-order valence-electron chi connectivity index (χ2n) is 10.7. The van der Waals surface area contributed by atoms with Gasteiger partial charge in [-0.2, -0.15) is 21.3 Å². The van der Waals surface area contributed by atoms with E-state index in [0.717, 1.165) is 68.2 Å². The van der Waals surface area contributed by atoms with Crippen molar-refractivity contribution in [3.8, 4) is 5.69 Å². The predicted octanol–water partition coefficient (Wildman–Crippen LogP) is 5.48. The maximum absolute atomic E-state index is 4.95. The zero-order valence-electron chi connectivity index (χ0n) is 23.0. The Morgan fingerprint density at radius 2 is 1.79 bits per heavy atom. The summed E-state index contributed by atoms with van der Waals surface area (Å²) in [5.74, 6) is 1.46. The number of benzene rings is 1. The summed E-state index contributed by atoms with van der Waals surface area (Å²) in [6, 6.07) is 14.2. The van der Waals surface area contributed by atoms with E-state index in [4.69, 9.17) is 15.0 Å². The summed E-state index contributed by atoms with van der Waals surface area (Å²) in [6.07, 6.45) is 3.99. The number of hydrogen-bond donors (Lipinski definition) is 2. The fourth-order valence-corrected chi connectivity index (χ4v) is 5.97. The fourth-order valence-electron chi connectivity index (χ4n) is 5.35. The molecule has 0 aliphatic carbocycles. The monoisotopic (exact) mass is 532 g/mol. The van der Waals surface area contributed by atoms with E-state index < -0.39 is 0 Å². The maximum Gasteiger partial charge on any atom is 0.227 e. The van der Waals surface area contributed by atoms with E-state index in [-0.39, 0.29) is 0 Å². The Balaban J connectivity index is 1.31. The third-order valence-electron chi connectivity index (χ3n) is 7.34. The van der Waals surface area contributed by atoms with Gasteiger partial charge in [-0.15, -0.1) is 0 Å². The van der Waals surface area contributed by atoms with Gasteiger partial charge >= 0.3 is 0 Å². The lowest BCUT2D eigenvalue weighted by molar-refractivity contribution is 0.182. The van der Waals surface area contributed by atoms with Crippen molar-refractivity contribution in [3.63, 3.8) is 0 Å². The average Bonchev–Trinajstić information content (AvgIpc) is 3.58. The van der Waals surface area contributed by atoms with Gasteiger partial charge in [-0.05, 0) is 57.5 Å². The third-order valence-corrected chi connectivity index (χ3v) is 8.01. The van der Waals surface area contributed by atoms with E-state index in [1.54, 1.807) is 11.3 Å². The van der Waals surface area contributed by atoms with Gasteiger partial charge in [0, 0.05) is 56.2 Å². The van der Waals surface area contributed by atoms with Gasteiger partial charge < -0.3 is 10.6 Å². The van der Waals surface area contributed by atoms with E-state index in [9.17, 15) is 0 Å². The van der Waals surface area contributed by atoms with Crippen LogP contribution in [0.25, 0.3) is 16.9 Å². The summed E-state index contributed by atoms with van der Waals surface area (Å²) >= 11 is 1.67. The molecule has 1 saturated heterocycles. The highest BCUT2D eigenvalue weighted by molar-refractivity contribution is 7.08. The van der Waals surface area contributed by atoms with Gasteiger partial charge in [-0.25, -0.2) is 4.98 Å². The molecule has 0 unspecified atom stereocenters. The molecule has 0 saturated carbocycles. The smallest absolute Gasteiger partial charge is 0.227 e. The summed E-state index contributed by atoms with van der Waals surface area (Å²) in [4.78, 5) is 19.6. The number of nitrogens with zero attached hydrogens (tertiary/aromatic N) is 6. The number of hydrogen-bond acceptors (Lipinski definition) is 8. The molecule has 0 bridgehead atoms. The normalized spacial score (nSPS) is 15.2. The number of piperidine rings is 1. The molecule has 1 aliphatic heterocycles. The highest BCUT2D eigenvalue weighted by Crippen LogP contribution is 2.26. The number of likely N-dealkylation sites (tertiary alicyclic amines) is 1. The second kappa shape index (κ2) is 12.2. The maximum atomic E-state index is 4.95. The van der Waals surface area contributed by atoms with Crippen LogP contribution in [0.5, 0.6) is 0 Å². The molecule has 0 atom stereocenters. The summed E-state index contributed by atoms with van der Waals surface area (Å²) in [6.45, 7) is 13.9. The van der Waals surface area contributed by atoms with Crippen LogP contribution in [0.2, 0.25) is 0 Å². The molecule has 0 radical (unpaired) electrons. The van der Waals surface area contributed by atoms with E-state index in [1.807, 2.05) is 6.33 Å². The molecule has 4 heterocycles. The number of thiophene rings is 1. The SMILES string of the molecule is CC(C)N(CCNc1nc(NC2CCN(Cc3ccccc3)CC2)nc2c1ncn2-c1ccsc1)C(C)C.